The van der Waals surface area contributed by atoms with Crippen LogP contribution in [0.3, 0.4) is 0 Å². The number of Topliss-reactive ketones (excluding diaryl/α,β-unsaturated/α-hetero) is 1. The molecule has 0 unspecified atom stereocenters. The van der Waals surface area contributed by atoms with Crippen LogP contribution in [-0.4, -0.2) is 46.5 Å². The van der Waals surface area contributed by atoms with Crippen LogP contribution in [0, 0.1) is 5.41 Å². The third-order valence-corrected chi connectivity index (χ3v) is 5.72. The fourth-order valence-corrected chi connectivity index (χ4v) is 3.43. The van der Waals surface area contributed by atoms with Gasteiger partial charge in [-0.1, -0.05) is 27.2 Å². The summed E-state index contributed by atoms with van der Waals surface area (Å²) in [5, 5.41) is 2.58. The number of sulfonamides is 1. The number of nitrogens with two attached hydrogens (primary N) is 1. The van der Waals surface area contributed by atoms with E-state index in [1.165, 1.54) is 24.3 Å². The van der Waals surface area contributed by atoms with E-state index in [1.807, 2.05) is 20.8 Å². The molecule has 8 nitrogen and oxygen atoms in total. The third kappa shape index (κ3) is 9.49. The van der Waals surface area contributed by atoms with Gasteiger partial charge in [-0.25, -0.2) is 13.1 Å². The molecular weight excluding hydrogens is 394 g/mol. The molecule has 0 aliphatic carbocycles. The highest BCUT2D eigenvalue weighted by molar-refractivity contribution is 7.89. The molecule has 1 aromatic rings. The molecule has 0 saturated heterocycles. The summed E-state index contributed by atoms with van der Waals surface area (Å²) in [6.45, 7) is 6.68. The lowest BCUT2D eigenvalue weighted by Gasteiger charge is -2.16. The van der Waals surface area contributed by atoms with E-state index in [9.17, 15) is 18.0 Å². The Morgan fingerprint density at radius 2 is 1.72 bits per heavy atom. The maximum atomic E-state index is 12.2. The quantitative estimate of drug-likeness (QED) is 0.325. The van der Waals surface area contributed by atoms with Crippen LogP contribution in [0.15, 0.2) is 29.2 Å². The summed E-state index contributed by atoms with van der Waals surface area (Å²) in [5.41, 5.74) is 5.32. The average molecular weight is 428 g/mol. The van der Waals surface area contributed by atoms with Gasteiger partial charge in [-0.2, -0.15) is 0 Å². The lowest BCUT2D eigenvalue weighted by Crippen LogP contribution is -2.28. The summed E-state index contributed by atoms with van der Waals surface area (Å²) < 4.78 is 32.3. The number of rotatable bonds is 13. The van der Waals surface area contributed by atoms with Gasteiger partial charge in [0.15, 0.2) is 0 Å². The van der Waals surface area contributed by atoms with E-state index in [1.54, 1.807) is 0 Å². The second-order valence-electron chi connectivity index (χ2n) is 7.75. The van der Waals surface area contributed by atoms with Crippen LogP contribution in [0.5, 0.6) is 0 Å². The average Bonchev–Trinajstić information content (AvgIpc) is 2.66. The van der Waals surface area contributed by atoms with Gasteiger partial charge in [0.1, 0.15) is 12.5 Å². The van der Waals surface area contributed by atoms with Crippen LogP contribution in [0.4, 0.5) is 0 Å². The van der Waals surface area contributed by atoms with E-state index in [4.69, 9.17) is 10.5 Å². The molecule has 4 N–H and O–H groups in total. The normalized spacial score (nSPS) is 12.0. The summed E-state index contributed by atoms with van der Waals surface area (Å²) in [6, 6.07) is 5.67. The number of hydrogen-bond donors (Lipinski definition) is 3. The van der Waals surface area contributed by atoms with Crippen LogP contribution in [0.1, 0.15) is 56.8 Å². The number of amides is 1. The van der Waals surface area contributed by atoms with Gasteiger partial charge in [0.25, 0.3) is 5.91 Å². The Morgan fingerprint density at radius 3 is 2.31 bits per heavy atom. The fraction of sp³-hybridized carbons (Fsp3) is 0.600. The van der Waals surface area contributed by atoms with Gasteiger partial charge >= 0.3 is 0 Å². The van der Waals surface area contributed by atoms with Crippen molar-refractivity contribution in [2.24, 2.45) is 11.1 Å². The molecule has 1 aromatic carbocycles. The Morgan fingerprint density at radius 1 is 1.07 bits per heavy atom. The number of carbonyl (C=O) groups excluding carboxylic acids is 2. The molecule has 29 heavy (non-hydrogen) atoms. The first-order chi connectivity index (χ1) is 13.6. The fourth-order valence-electron chi connectivity index (χ4n) is 2.35. The maximum absolute atomic E-state index is 12.2. The first-order valence-electron chi connectivity index (χ1n) is 9.77. The van der Waals surface area contributed by atoms with E-state index < -0.39 is 15.4 Å². The highest BCUT2D eigenvalue weighted by Gasteiger charge is 2.20. The van der Waals surface area contributed by atoms with E-state index in [0.717, 1.165) is 19.3 Å². The van der Waals surface area contributed by atoms with Crippen LogP contribution in [-0.2, 0) is 19.6 Å². The highest BCUT2D eigenvalue weighted by Crippen LogP contribution is 2.16. The highest BCUT2D eigenvalue weighted by atomic mass is 32.2. The van der Waals surface area contributed by atoms with Crippen molar-refractivity contribution in [1.82, 2.24) is 10.0 Å². The van der Waals surface area contributed by atoms with E-state index in [2.05, 4.69) is 10.0 Å². The van der Waals surface area contributed by atoms with Gasteiger partial charge < -0.3 is 15.8 Å². The molecule has 9 heteroatoms. The van der Waals surface area contributed by atoms with Gasteiger partial charge in [-0.15, -0.1) is 0 Å². The Bertz CT molecular complexity index is 755. The standard InChI is InChI=1S/C20H33N3O5S/c1-20(2,3)18(24)11-14-28-15-22-19(25)16-7-9-17(10-8-16)29(26,27)23-13-6-4-5-12-21/h7-10,23H,4-6,11-15,21H2,1-3H3,(H,22,25). The number of nitrogens with one attached hydrogen (secondary N) is 2. The van der Waals surface area contributed by atoms with Crippen LogP contribution in [0.2, 0.25) is 0 Å². The number of hydrogen-bond acceptors (Lipinski definition) is 6. The van der Waals surface area contributed by atoms with Crippen molar-refractivity contribution in [1.29, 1.82) is 0 Å². The van der Waals surface area contributed by atoms with Crippen molar-refractivity contribution in [3.8, 4) is 0 Å². The van der Waals surface area contributed by atoms with Crippen LogP contribution in [0.25, 0.3) is 0 Å². The molecule has 0 saturated carbocycles. The molecule has 0 atom stereocenters. The molecule has 164 valence electrons. The predicted octanol–water partition coefficient (Wildman–Crippen LogP) is 1.80. The van der Waals surface area contributed by atoms with Crippen molar-refractivity contribution in [2.75, 3.05) is 26.4 Å². The molecule has 0 bridgehead atoms. The second kappa shape index (κ2) is 12.0. The Kier molecular flexibility index (Phi) is 10.5. The zero-order chi connectivity index (χ0) is 21.9. The summed E-state index contributed by atoms with van der Waals surface area (Å²) in [7, 11) is -3.60. The minimum atomic E-state index is -3.60. The third-order valence-electron chi connectivity index (χ3n) is 4.24. The SMILES string of the molecule is CC(C)(C)C(=O)CCOCNC(=O)c1ccc(S(=O)(=O)NCCCCCN)cc1. The number of ketones is 1. The summed E-state index contributed by atoms with van der Waals surface area (Å²) >= 11 is 0. The van der Waals surface area contributed by atoms with Gasteiger partial charge in [0.05, 0.1) is 11.5 Å². The Balaban J connectivity index is 2.42. The largest absolute Gasteiger partial charge is 0.361 e. The van der Waals surface area contributed by atoms with Crippen LogP contribution < -0.4 is 15.8 Å². The van der Waals surface area contributed by atoms with Crippen molar-refractivity contribution in [2.45, 2.75) is 51.3 Å². The number of ether oxygens (including phenoxy) is 1. The molecule has 0 aliphatic heterocycles. The van der Waals surface area contributed by atoms with E-state index in [0.29, 0.717) is 18.7 Å². The predicted molar refractivity (Wildman–Crippen MR) is 112 cm³/mol. The van der Waals surface area contributed by atoms with Crippen molar-refractivity contribution >= 4 is 21.7 Å². The van der Waals surface area contributed by atoms with Crippen molar-refractivity contribution < 1.29 is 22.7 Å². The van der Waals surface area contributed by atoms with Gasteiger partial charge in [-0.3, -0.25) is 9.59 Å². The van der Waals surface area contributed by atoms with Crippen LogP contribution >= 0.6 is 0 Å². The zero-order valence-corrected chi connectivity index (χ0v) is 18.3. The molecule has 0 fully saturated rings. The lowest BCUT2D eigenvalue weighted by atomic mass is 9.89. The minimum Gasteiger partial charge on any atom is -0.361 e. The monoisotopic (exact) mass is 427 g/mol. The number of benzene rings is 1. The maximum Gasteiger partial charge on any atom is 0.253 e. The molecule has 0 aliphatic rings. The molecule has 0 heterocycles. The van der Waals surface area contributed by atoms with Gasteiger partial charge in [0, 0.05) is 23.9 Å². The Labute approximate surface area is 173 Å². The van der Waals surface area contributed by atoms with E-state index in [-0.39, 0.29) is 36.3 Å². The van der Waals surface area contributed by atoms with E-state index >= 15 is 0 Å². The van der Waals surface area contributed by atoms with Gasteiger partial charge in [-0.05, 0) is 43.7 Å². The topological polar surface area (TPSA) is 128 Å². The first kappa shape index (κ1) is 25.2. The Hall–Kier alpha value is -1.81. The lowest BCUT2D eigenvalue weighted by molar-refractivity contribution is -0.127. The number of unbranched alkanes of at least 4 members (excludes halogenated alkanes) is 2. The summed E-state index contributed by atoms with van der Waals surface area (Å²) in [5.74, 6) is -0.292. The number of carbonyl (C=O) groups is 2. The molecule has 1 amide bonds. The summed E-state index contributed by atoms with van der Waals surface area (Å²) in [6.07, 6.45) is 2.73. The van der Waals surface area contributed by atoms with Gasteiger partial charge in [0.2, 0.25) is 10.0 Å². The molecule has 0 spiro atoms. The molecule has 1 rings (SSSR count). The zero-order valence-electron chi connectivity index (χ0n) is 17.5. The molecule has 0 radical (unpaired) electrons. The first-order valence-corrected chi connectivity index (χ1v) is 11.3. The minimum absolute atomic E-state index is 0.0271. The smallest absolute Gasteiger partial charge is 0.253 e. The molecule has 0 aromatic heterocycles. The molecular formula is C20H33N3O5S. The second-order valence-corrected chi connectivity index (χ2v) is 9.52. The van der Waals surface area contributed by atoms with Crippen molar-refractivity contribution in [3.05, 3.63) is 29.8 Å². The van der Waals surface area contributed by atoms with Crippen molar-refractivity contribution in [3.63, 3.8) is 0 Å². The summed E-state index contributed by atoms with van der Waals surface area (Å²) in [4.78, 5) is 24.0.